The van der Waals surface area contributed by atoms with Crippen LogP contribution in [0.4, 0.5) is 5.82 Å². The number of fused-ring (bicyclic) bond motifs is 1. The second-order valence-corrected chi connectivity index (χ2v) is 5.03. The first-order valence-electron chi connectivity index (χ1n) is 6.50. The second kappa shape index (κ2) is 4.97. The smallest absolute Gasteiger partial charge is 0.152 e. The van der Waals surface area contributed by atoms with Crippen LogP contribution in [-0.2, 0) is 0 Å². The summed E-state index contributed by atoms with van der Waals surface area (Å²) in [4.78, 5) is 24.8. The molecule has 19 heavy (non-hydrogen) atoms. The fraction of sp³-hybridized carbons (Fsp3) is 0.462. The van der Waals surface area contributed by atoms with E-state index >= 15 is 0 Å². The summed E-state index contributed by atoms with van der Waals surface area (Å²) in [6.07, 6.45) is 6.20. The maximum Gasteiger partial charge on any atom is 0.152 e. The zero-order valence-corrected chi connectivity index (χ0v) is 10.9. The van der Waals surface area contributed by atoms with Crippen molar-refractivity contribution in [2.75, 3.05) is 25.5 Å². The standard InChI is InChI=1S/C13H17N5O/c1-18-4-2-10(3-5-18)17-13-11-9(7-19)6-14-12(11)15-8-16-13/h6-8,10H,2-5H2,1H3,(H2,14,15,16,17). The van der Waals surface area contributed by atoms with Crippen molar-refractivity contribution in [3.63, 3.8) is 0 Å². The lowest BCUT2D eigenvalue weighted by Gasteiger charge is -2.29. The SMILES string of the molecule is CN1CCC(Nc2ncnc3[nH]cc(C=O)c23)CC1. The molecule has 6 nitrogen and oxygen atoms in total. The number of aromatic nitrogens is 3. The Bertz CT molecular complexity index is 586. The molecule has 1 aliphatic heterocycles. The molecule has 100 valence electrons. The number of carbonyl (C=O) groups is 1. The Morgan fingerprint density at radius 2 is 2.21 bits per heavy atom. The second-order valence-electron chi connectivity index (χ2n) is 5.03. The van der Waals surface area contributed by atoms with Crippen LogP contribution in [0.1, 0.15) is 23.2 Å². The number of carbonyl (C=O) groups excluding carboxylic acids is 1. The van der Waals surface area contributed by atoms with Crippen molar-refractivity contribution in [2.45, 2.75) is 18.9 Å². The van der Waals surface area contributed by atoms with E-state index in [1.807, 2.05) is 0 Å². The van der Waals surface area contributed by atoms with Gasteiger partial charge in [-0.2, -0.15) is 0 Å². The van der Waals surface area contributed by atoms with Gasteiger partial charge in [-0.05, 0) is 33.0 Å². The quantitative estimate of drug-likeness (QED) is 0.812. The Morgan fingerprint density at radius 1 is 1.42 bits per heavy atom. The first kappa shape index (κ1) is 12.1. The summed E-state index contributed by atoms with van der Waals surface area (Å²) in [6.45, 7) is 2.17. The van der Waals surface area contributed by atoms with Crippen LogP contribution in [-0.4, -0.2) is 52.3 Å². The molecule has 0 aliphatic carbocycles. The molecule has 1 fully saturated rings. The number of aldehydes is 1. The lowest BCUT2D eigenvalue weighted by atomic mass is 10.1. The maximum atomic E-state index is 11.1. The number of hydrogen-bond donors (Lipinski definition) is 2. The van der Waals surface area contributed by atoms with Crippen molar-refractivity contribution in [3.8, 4) is 0 Å². The van der Waals surface area contributed by atoms with E-state index in [9.17, 15) is 4.79 Å². The highest BCUT2D eigenvalue weighted by atomic mass is 16.1. The molecule has 3 heterocycles. The summed E-state index contributed by atoms with van der Waals surface area (Å²) in [5.74, 6) is 0.753. The van der Waals surface area contributed by atoms with E-state index < -0.39 is 0 Å². The van der Waals surface area contributed by atoms with Crippen molar-refractivity contribution in [3.05, 3.63) is 18.1 Å². The molecule has 0 aromatic carbocycles. The molecule has 0 saturated carbocycles. The largest absolute Gasteiger partial charge is 0.367 e. The summed E-state index contributed by atoms with van der Waals surface area (Å²) in [5, 5.41) is 4.24. The Kier molecular flexibility index (Phi) is 3.16. The van der Waals surface area contributed by atoms with Crippen LogP contribution in [0.25, 0.3) is 11.0 Å². The minimum atomic E-state index is 0.406. The molecule has 3 rings (SSSR count). The highest BCUT2D eigenvalue weighted by Gasteiger charge is 2.19. The topological polar surface area (TPSA) is 73.9 Å². The van der Waals surface area contributed by atoms with Gasteiger partial charge in [-0.1, -0.05) is 0 Å². The molecule has 0 bridgehead atoms. The van der Waals surface area contributed by atoms with Gasteiger partial charge in [0, 0.05) is 17.8 Å². The van der Waals surface area contributed by atoms with Gasteiger partial charge in [-0.15, -0.1) is 0 Å². The molecule has 1 aliphatic rings. The maximum absolute atomic E-state index is 11.1. The summed E-state index contributed by atoms with van der Waals surface area (Å²) in [5.41, 5.74) is 1.30. The molecule has 0 spiro atoms. The lowest BCUT2D eigenvalue weighted by Crippen LogP contribution is -2.36. The van der Waals surface area contributed by atoms with Gasteiger partial charge in [0.1, 0.15) is 17.8 Å². The van der Waals surface area contributed by atoms with Crippen LogP contribution < -0.4 is 5.32 Å². The van der Waals surface area contributed by atoms with Gasteiger partial charge in [0.05, 0.1) is 5.39 Å². The number of nitrogens with one attached hydrogen (secondary N) is 2. The monoisotopic (exact) mass is 259 g/mol. The number of hydrogen-bond acceptors (Lipinski definition) is 5. The van der Waals surface area contributed by atoms with E-state index in [4.69, 9.17) is 0 Å². The van der Waals surface area contributed by atoms with E-state index in [1.54, 1.807) is 6.20 Å². The van der Waals surface area contributed by atoms with E-state index in [-0.39, 0.29) is 0 Å². The van der Waals surface area contributed by atoms with Crippen molar-refractivity contribution < 1.29 is 4.79 Å². The number of H-pyrrole nitrogens is 1. The fourth-order valence-corrected chi connectivity index (χ4v) is 2.54. The Morgan fingerprint density at radius 3 is 2.95 bits per heavy atom. The zero-order valence-electron chi connectivity index (χ0n) is 10.9. The zero-order chi connectivity index (χ0) is 13.2. The summed E-state index contributed by atoms with van der Waals surface area (Å²) >= 11 is 0. The summed E-state index contributed by atoms with van der Waals surface area (Å²) in [6, 6.07) is 0.406. The molecule has 2 aromatic rings. The normalized spacial score (nSPS) is 17.7. The highest BCUT2D eigenvalue weighted by Crippen LogP contribution is 2.24. The molecule has 2 aromatic heterocycles. The van der Waals surface area contributed by atoms with Gasteiger partial charge in [0.15, 0.2) is 6.29 Å². The van der Waals surface area contributed by atoms with Crippen LogP contribution in [0.2, 0.25) is 0 Å². The number of anilines is 1. The van der Waals surface area contributed by atoms with Gasteiger partial charge in [-0.3, -0.25) is 4.79 Å². The number of likely N-dealkylation sites (tertiary alicyclic amines) is 1. The molecular weight excluding hydrogens is 242 g/mol. The van der Waals surface area contributed by atoms with Crippen molar-refractivity contribution in [2.24, 2.45) is 0 Å². The number of aromatic amines is 1. The predicted molar refractivity (Wildman–Crippen MR) is 73.4 cm³/mol. The van der Waals surface area contributed by atoms with Crippen molar-refractivity contribution in [1.82, 2.24) is 19.9 Å². The molecule has 1 saturated heterocycles. The average Bonchev–Trinajstić information content (AvgIpc) is 2.85. The molecule has 0 atom stereocenters. The van der Waals surface area contributed by atoms with E-state index in [0.717, 1.165) is 43.4 Å². The third kappa shape index (κ3) is 2.31. The van der Waals surface area contributed by atoms with Gasteiger partial charge >= 0.3 is 0 Å². The number of piperidine rings is 1. The number of rotatable bonds is 3. The third-order valence-corrected chi connectivity index (χ3v) is 3.69. The van der Waals surface area contributed by atoms with Crippen molar-refractivity contribution in [1.29, 1.82) is 0 Å². The van der Waals surface area contributed by atoms with Gasteiger partial charge in [-0.25, -0.2) is 9.97 Å². The minimum absolute atomic E-state index is 0.406. The van der Waals surface area contributed by atoms with Gasteiger partial charge in [0.25, 0.3) is 0 Å². The first-order valence-corrected chi connectivity index (χ1v) is 6.50. The van der Waals surface area contributed by atoms with Gasteiger partial charge in [0.2, 0.25) is 0 Å². The number of nitrogens with zero attached hydrogens (tertiary/aromatic N) is 3. The molecule has 0 amide bonds. The summed E-state index contributed by atoms with van der Waals surface area (Å²) in [7, 11) is 2.13. The van der Waals surface area contributed by atoms with Gasteiger partial charge < -0.3 is 15.2 Å². The Labute approximate surface area is 111 Å². The first-order chi connectivity index (χ1) is 9.28. The lowest BCUT2D eigenvalue weighted by molar-refractivity contribution is 0.112. The average molecular weight is 259 g/mol. The Hall–Kier alpha value is -1.95. The molecule has 6 heteroatoms. The third-order valence-electron chi connectivity index (χ3n) is 3.69. The van der Waals surface area contributed by atoms with E-state index in [1.165, 1.54) is 6.33 Å². The molecule has 2 N–H and O–H groups in total. The van der Waals surface area contributed by atoms with Crippen LogP contribution in [0.15, 0.2) is 12.5 Å². The van der Waals surface area contributed by atoms with Crippen LogP contribution in [0.5, 0.6) is 0 Å². The van der Waals surface area contributed by atoms with E-state index in [2.05, 4.69) is 32.2 Å². The van der Waals surface area contributed by atoms with Crippen LogP contribution >= 0.6 is 0 Å². The Balaban J connectivity index is 1.88. The van der Waals surface area contributed by atoms with Crippen LogP contribution in [0, 0.1) is 0 Å². The predicted octanol–water partition coefficient (Wildman–Crippen LogP) is 1.28. The van der Waals surface area contributed by atoms with Crippen molar-refractivity contribution >= 4 is 23.1 Å². The minimum Gasteiger partial charge on any atom is -0.367 e. The van der Waals surface area contributed by atoms with E-state index in [0.29, 0.717) is 17.3 Å². The van der Waals surface area contributed by atoms with Crippen LogP contribution in [0.3, 0.4) is 0 Å². The highest BCUT2D eigenvalue weighted by molar-refractivity contribution is 6.01. The summed E-state index contributed by atoms with van der Waals surface area (Å²) < 4.78 is 0. The molecule has 0 unspecified atom stereocenters. The molecular formula is C13H17N5O. The molecule has 0 radical (unpaired) electrons. The fourth-order valence-electron chi connectivity index (χ4n) is 2.54.